The van der Waals surface area contributed by atoms with Crippen molar-refractivity contribution in [1.82, 2.24) is 0 Å². The van der Waals surface area contributed by atoms with E-state index in [1.165, 1.54) is 0 Å². The molecule has 6 heteroatoms. The van der Waals surface area contributed by atoms with Gasteiger partial charge in [-0.2, -0.15) is 0 Å². The number of hydrogen-bond acceptors (Lipinski definition) is 5. The van der Waals surface area contributed by atoms with Gasteiger partial charge in [-0.3, -0.25) is 9.59 Å². The molecule has 1 aliphatic carbocycles. The number of nitrogens with one attached hydrogen (secondary N) is 1. The third-order valence-electron chi connectivity index (χ3n) is 3.82. The molecule has 3 rings (SSSR count). The van der Waals surface area contributed by atoms with Crippen LogP contribution in [0.25, 0.3) is 0 Å². The molecule has 0 unspecified atom stereocenters. The molecule has 0 saturated heterocycles. The Morgan fingerprint density at radius 1 is 1.23 bits per heavy atom. The van der Waals surface area contributed by atoms with Crippen LogP contribution in [-0.2, 0) is 14.3 Å². The van der Waals surface area contributed by atoms with Crippen molar-refractivity contribution in [3.8, 4) is 0 Å². The predicted molar refractivity (Wildman–Crippen MR) is 83.1 cm³/mol. The van der Waals surface area contributed by atoms with Gasteiger partial charge in [0, 0.05) is 23.5 Å². The zero-order valence-corrected chi connectivity index (χ0v) is 12.9. The van der Waals surface area contributed by atoms with Gasteiger partial charge in [-0.15, -0.1) is 11.8 Å². The van der Waals surface area contributed by atoms with Gasteiger partial charge >= 0.3 is 5.97 Å². The normalized spacial score (nSPS) is 21.5. The van der Waals surface area contributed by atoms with Crippen molar-refractivity contribution in [3.63, 3.8) is 0 Å². The number of thioether (sulfide) groups is 1. The maximum absolute atomic E-state index is 12.2. The summed E-state index contributed by atoms with van der Waals surface area (Å²) in [5, 5.41) is 2.80. The lowest BCUT2D eigenvalue weighted by Crippen LogP contribution is -2.30. The maximum atomic E-state index is 12.2. The fourth-order valence-corrected chi connectivity index (χ4v) is 3.56. The van der Waals surface area contributed by atoms with Crippen molar-refractivity contribution in [2.24, 2.45) is 0 Å². The molecule has 1 heterocycles. The van der Waals surface area contributed by atoms with Gasteiger partial charge in [0.15, 0.2) is 11.9 Å². The van der Waals surface area contributed by atoms with Crippen LogP contribution in [0.15, 0.2) is 23.1 Å². The van der Waals surface area contributed by atoms with Crippen LogP contribution < -0.4 is 5.32 Å². The average molecular weight is 319 g/mol. The number of carbonyl (C=O) groups is 3. The van der Waals surface area contributed by atoms with Crippen LogP contribution in [0.4, 0.5) is 5.69 Å². The third-order valence-corrected chi connectivity index (χ3v) is 4.90. The molecule has 1 saturated carbocycles. The fraction of sp³-hybridized carbons (Fsp3) is 0.438. The first kappa shape index (κ1) is 15.1. The molecule has 22 heavy (non-hydrogen) atoms. The van der Waals surface area contributed by atoms with E-state index >= 15 is 0 Å². The molecule has 0 bridgehead atoms. The number of fused-ring (bicyclic) bond motifs is 1. The number of amides is 1. The molecule has 1 N–H and O–H groups in total. The molecular formula is C16H17NO4S. The molecule has 1 fully saturated rings. The minimum absolute atomic E-state index is 0.00165. The minimum Gasteiger partial charge on any atom is -0.451 e. The minimum atomic E-state index is -0.621. The number of benzene rings is 1. The molecule has 0 radical (unpaired) electrons. The first-order chi connectivity index (χ1) is 10.6. The number of Topliss-reactive ketones (excluding diaryl/α,β-unsaturated/α-hetero) is 1. The molecule has 1 atom stereocenters. The van der Waals surface area contributed by atoms with E-state index in [-0.39, 0.29) is 11.7 Å². The van der Waals surface area contributed by atoms with Crippen LogP contribution in [0.3, 0.4) is 0 Å². The number of rotatable bonds is 2. The van der Waals surface area contributed by atoms with Crippen LogP contribution in [0, 0.1) is 0 Å². The summed E-state index contributed by atoms with van der Waals surface area (Å²) in [6.07, 6.45) is 2.69. The van der Waals surface area contributed by atoms with Crippen molar-refractivity contribution < 1.29 is 19.1 Å². The second-order valence-corrected chi connectivity index (χ2v) is 6.60. The van der Waals surface area contributed by atoms with E-state index in [1.807, 2.05) is 6.07 Å². The van der Waals surface area contributed by atoms with Crippen LogP contribution in [0.1, 0.15) is 42.5 Å². The average Bonchev–Trinajstić information content (AvgIpc) is 2.69. The Kier molecular flexibility index (Phi) is 4.47. The zero-order chi connectivity index (χ0) is 15.5. The second kappa shape index (κ2) is 6.52. The lowest BCUT2D eigenvalue weighted by Gasteiger charge is -2.20. The van der Waals surface area contributed by atoms with Crippen molar-refractivity contribution in [3.05, 3.63) is 23.8 Å². The molecule has 1 aromatic carbocycles. The monoisotopic (exact) mass is 319 g/mol. The third kappa shape index (κ3) is 3.32. The summed E-state index contributed by atoms with van der Waals surface area (Å²) >= 11 is 1.58. The fourth-order valence-electron chi connectivity index (χ4n) is 2.62. The van der Waals surface area contributed by atoms with Gasteiger partial charge in [0.05, 0.1) is 11.3 Å². The summed E-state index contributed by atoms with van der Waals surface area (Å²) in [6.45, 7) is 0. The van der Waals surface area contributed by atoms with Crippen LogP contribution in [0.2, 0.25) is 0 Å². The molecule has 5 nitrogen and oxygen atoms in total. The summed E-state index contributed by atoms with van der Waals surface area (Å²) in [5.41, 5.74) is 0.997. The summed E-state index contributed by atoms with van der Waals surface area (Å²) in [4.78, 5) is 36.5. The predicted octanol–water partition coefficient (Wildman–Crippen LogP) is 2.79. The largest absolute Gasteiger partial charge is 0.451 e. The number of ketones is 1. The Balaban J connectivity index is 1.75. The van der Waals surface area contributed by atoms with Crippen LogP contribution in [0.5, 0.6) is 0 Å². The Morgan fingerprint density at radius 3 is 2.91 bits per heavy atom. The quantitative estimate of drug-likeness (QED) is 0.849. The smallest absolute Gasteiger partial charge is 0.338 e. The Bertz CT molecular complexity index is 629. The first-order valence-corrected chi connectivity index (χ1v) is 8.42. The molecule has 2 aliphatic rings. The maximum Gasteiger partial charge on any atom is 0.338 e. The van der Waals surface area contributed by atoms with E-state index in [1.54, 1.807) is 23.9 Å². The van der Waals surface area contributed by atoms with Gasteiger partial charge in [-0.25, -0.2) is 4.79 Å². The van der Waals surface area contributed by atoms with E-state index < -0.39 is 12.1 Å². The summed E-state index contributed by atoms with van der Waals surface area (Å²) < 4.78 is 5.33. The molecule has 1 aliphatic heterocycles. The number of hydrogen-bond donors (Lipinski definition) is 1. The summed E-state index contributed by atoms with van der Waals surface area (Å²) in [5.74, 6) is 0.156. The molecule has 1 aromatic rings. The summed E-state index contributed by atoms with van der Waals surface area (Å²) in [6, 6.07) is 5.12. The van der Waals surface area contributed by atoms with Gasteiger partial charge in [0.2, 0.25) is 5.91 Å². The van der Waals surface area contributed by atoms with E-state index in [9.17, 15) is 14.4 Å². The highest BCUT2D eigenvalue weighted by atomic mass is 32.2. The standard InChI is InChI=1S/C16H17NO4S/c18-12-3-1-2-4-13(12)21-16(20)10-5-6-14-11(9-10)17-15(19)7-8-22-14/h5-6,9,13H,1-4,7-8H2,(H,17,19)/t13-/m0/s1. The molecular weight excluding hydrogens is 302 g/mol. The van der Waals surface area contributed by atoms with Crippen LogP contribution in [-0.4, -0.2) is 29.5 Å². The summed E-state index contributed by atoms with van der Waals surface area (Å²) in [7, 11) is 0. The number of ether oxygens (including phenoxy) is 1. The highest BCUT2D eigenvalue weighted by Crippen LogP contribution is 2.32. The van der Waals surface area contributed by atoms with E-state index in [0.717, 1.165) is 23.5 Å². The molecule has 1 amide bonds. The second-order valence-electron chi connectivity index (χ2n) is 5.46. The van der Waals surface area contributed by atoms with E-state index in [0.29, 0.717) is 30.5 Å². The number of carbonyl (C=O) groups excluding carboxylic acids is 3. The SMILES string of the molecule is O=C1CCSc2ccc(C(=O)O[C@H]3CCCCC3=O)cc2N1. The lowest BCUT2D eigenvalue weighted by atomic mass is 9.96. The molecule has 0 aromatic heterocycles. The van der Waals surface area contributed by atoms with Crippen LogP contribution >= 0.6 is 11.8 Å². The van der Waals surface area contributed by atoms with Gasteiger partial charge in [0.25, 0.3) is 0 Å². The number of anilines is 1. The lowest BCUT2D eigenvalue weighted by molar-refractivity contribution is -0.129. The highest BCUT2D eigenvalue weighted by Gasteiger charge is 2.26. The van der Waals surface area contributed by atoms with Gasteiger partial charge < -0.3 is 10.1 Å². The highest BCUT2D eigenvalue weighted by molar-refractivity contribution is 7.99. The Labute approximate surface area is 132 Å². The van der Waals surface area contributed by atoms with E-state index in [2.05, 4.69) is 5.32 Å². The molecule has 0 spiro atoms. The first-order valence-electron chi connectivity index (χ1n) is 7.44. The van der Waals surface area contributed by atoms with Crippen molar-refractivity contribution in [1.29, 1.82) is 0 Å². The van der Waals surface area contributed by atoms with Crippen molar-refractivity contribution >= 4 is 35.1 Å². The van der Waals surface area contributed by atoms with E-state index in [4.69, 9.17) is 4.74 Å². The van der Waals surface area contributed by atoms with Gasteiger partial charge in [-0.05, 0) is 37.5 Å². The molecule has 116 valence electrons. The van der Waals surface area contributed by atoms with Gasteiger partial charge in [0.1, 0.15) is 0 Å². The van der Waals surface area contributed by atoms with Crippen molar-refractivity contribution in [2.75, 3.05) is 11.1 Å². The van der Waals surface area contributed by atoms with Gasteiger partial charge in [-0.1, -0.05) is 0 Å². The Morgan fingerprint density at radius 2 is 2.09 bits per heavy atom. The number of esters is 1. The topological polar surface area (TPSA) is 72.5 Å². The Hall–Kier alpha value is -1.82. The zero-order valence-electron chi connectivity index (χ0n) is 12.1. The van der Waals surface area contributed by atoms with Crippen molar-refractivity contribution in [2.45, 2.75) is 43.1 Å².